The molecule has 25 heavy (non-hydrogen) atoms. The minimum absolute atomic E-state index is 0.291. The standard InChI is InChI=1S/C16H16N2O2.H2O4S/c1-18-8-10(16(19)20)5-12-11-3-2-4-13-15(11)9(7-17-13)6-14(12)18;1-5(2,3)4/h2-5,7,10,14,17H,6,8H2,1H3,(H,19,20);(H2,1,2,3,4)/t10-,14-;/m1./s1. The van der Waals surface area contributed by atoms with Crippen molar-refractivity contribution in [1.82, 2.24) is 9.88 Å². The molecule has 2 atom stereocenters. The number of hydrogen-bond donors (Lipinski definition) is 4. The Morgan fingerprint density at radius 2 is 2.00 bits per heavy atom. The van der Waals surface area contributed by atoms with Crippen LogP contribution in [-0.2, 0) is 21.6 Å². The fourth-order valence-corrected chi connectivity index (χ4v) is 3.61. The topological polar surface area (TPSA) is 131 Å². The number of H-pyrrole nitrogens is 1. The number of benzene rings is 1. The molecule has 1 aromatic carbocycles. The first-order valence-electron chi connectivity index (χ1n) is 7.59. The van der Waals surface area contributed by atoms with Gasteiger partial charge < -0.3 is 10.1 Å². The molecule has 4 rings (SSSR count). The molecule has 0 spiro atoms. The van der Waals surface area contributed by atoms with E-state index in [-0.39, 0.29) is 0 Å². The maximum atomic E-state index is 11.3. The molecule has 0 saturated heterocycles. The molecule has 1 aromatic heterocycles. The average molecular weight is 366 g/mol. The molecule has 9 heteroatoms. The summed E-state index contributed by atoms with van der Waals surface area (Å²) in [6.45, 7) is 0.583. The van der Waals surface area contributed by atoms with E-state index in [4.69, 9.17) is 17.5 Å². The highest BCUT2D eigenvalue weighted by Gasteiger charge is 2.35. The van der Waals surface area contributed by atoms with E-state index >= 15 is 0 Å². The summed E-state index contributed by atoms with van der Waals surface area (Å²) in [6, 6.07) is 6.51. The number of nitrogens with zero attached hydrogens (tertiary/aromatic N) is 1. The largest absolute Gasteiger partial charge is 0.481 e. The minimum Gasteiger partial charge on any atom is -0.481 e. The number of likely N-dealkylation sites (N-methyl/N-ethyl adjacent to an activating group) is 1. The third kappa shape index (κ3) is 3.59. The smallest absolute Gasteiger partial charge is 0.394 e. The van der Waals surface area contributed by atoms with Crippen molar-refractivity contribution in [2.45, 2.75) is 12.5 Å². The van der Waals surface area contributed by atoms with Gasteiger partial charge in [-0.2, -0.15) is 8.42 Å². The molecule has 2 aliphatic rings. The van der Waals surface area contributed by atoms with Crippen molar-refractivity contribution in [3.05, 3.63) is 41.6 Å². The van der Waals surface area contributed by atoms with Gasteiger partial charge in [0.05, 0.1) is 5.92 Å². The summed E-state index contributed by atoms with van der Waals surface area (Å²) >= 11 is 0. The van der Waals surface area contributed by atoms with Gasteiger partial charge in [-0.3, -0.25) is 18.8 Å². The SMILES string of the molecule is CN1C[C@H](C(=O)O)C=C2c3cccc4[nH]cc(c34)C[C@H]21.O=S(=O)(O)O. The molecule has 0 fully saturated rings. The van der Waals surface area contributed by atoms with Gasteiger partial charge in [-0.05, 0) is 36.2 Å². The van der Waals surface area contributed by atoms with Gasteiger partial charge in [0.15, 0.2) is 0 Å². The van der Waals surface area contributed by atoms with Gasteiger partial charge in [0, 0.05) is 29.7 Å². The van der Waals surface area contributed by atoms with Crippen LogP contribution in [0, 0.1) is 5.92 Å². The number of carboxylic acid groups (broad SMARTS) is 1. The van der Waals surface area contributed by atoms with Crippen LogP contribution in [0.2, 0.25) is 0 Å². The quantitative estimate of drug-likeness (QED) is 0.562. The Morgan fingerprint density at radius 3 is 2.64 bits per heavy atom. The van der Waals surface area contributed by atoms with E-state index in [0.717, 1.165) is 11.9 Å². The molecule has 1 aliphatic carbocycles. The van der Waals surface area contributed by atoms with Crippen LogP contribution in [0.3, 0.4) is 0 Å². The number of fused-ring (bicyclic) bond motifs is 2. The highest BCUT2D eigenvalue weighted by molar-refractivity contribution is 7.79. The van der Waals surface area contributed by atoms with Crippen molar-refractivity contribution < 1.29 is 27.4 Å². The van der Waals surface area contributed by atoms with Gasteiger partial charge in [-0.1, -0.05) is 18.2 Å². The van der Waals surface area contributed by atoms with Crippen molar-refractivity contribution in [2.24, 2.45) is 5.92 Å². The Kier molecular flexibility index (Phi) is 4.41. The summed E-state index contributed by atoms with van der Waals surface area (Å²) in [7, 11) is -2.65. The monoisotopic (exact) mass is 366 g/mol. The van der Waals surface area contributed by atoms with Gasteiger partial charge in [-0.25, -0.2) is 0 Å². The van der Waals surface area contributed by atoms with E-state index in [2.05, 4.69) is 28.2 Å². The molecule has 0 unspecified atom stereocenters. The van der Waals surface area contributed by atoms with Gasteiger partial charge in [0.1, 0.15) is 0 Å². The second kappa shape index (κ2) is 6.26. The van der Waals surface area contributed by atoms with Crippen molar-refractivity contribution in [1.29, 1.82) is 0 Å². The number of nitrogens with one attached hydrogen (secondary N) is 1. The first kappa shape index (κ1) is 17.6. The van der Waals surface area contributed by atoms with E-state index in [1.165, 1.54) is 22.1 Å². The van der Waals surface area contributed by atoms with Crippen LogP contribution in [-0.4, -0.2) is 58.1 Å². The van der Waals surface area contributed by atoms with Crippen LogP contribution in [0.15, 0.2) is 30.5 Å². The molecule has 0 bridgehead atoms. The lowest BCUT2D eigenvalue weighted by molar-refractivity contribution is -0.140. The fourth-order valence-electron chi connectivity index (χ4n) is 3.61. The molecule has 0 radical (unpaired) electrons. The van der Waals surface area contributed by atoms with Crippen LogP contribution in [0.5, 0.6) is 0 Å². The number of aliphatic carboxylic acids is 1. The van der Waals surface area contributed by atoms with Crippen LogP contribution >= 0.6 is 0 Å². The summed E-state index contributed by atoms with van der Waals surface area (Å²) in [5.41, 5.74) is 4.83. The predicted molar refractivity (Wildman–Crippen MR) is 91.7 cm³/mol. The van der Waals surface area contributed by atoms with E-state index in [1.807, 2.05) is 19.2 Å². The van der Waals surface area contributed by atoms with Gasteiger partial charge in [0.25, 0.3) is 0 Å². The summed E-state index contributed by atoms with van der Waals surface area (Å²) in [4.78, 5) is 16.8. The predicted octanol–water partition coefficient (Wildman–Crippen LogP) is 1.47. The lowest BCUT2D eigenvalue weighted by Crippen LogP contribution is -2.44. The van der Waals surface area contributed by atoms with Crippen molar-refractivity contribution in [3.63, 3.8) is 0 Å². The van der Waals surface area contributed by atoms with Crippen LogP contribution in [0.4, 0.5) is 0 Å². The Balaban J connectivity index is 0.000000324. The maximum Gasteiger partial charge on any atom is 0.394 e. The van der Waals surface area contributed by atoms with Crippen LogP contribution in [0.25, 0.3) is 16.5 Å². The molecule has 2 heterocycles. The Bertz CT molecular complexity index is 954. The zero-order valence-electron chi connectivity index (χ0n) is 13.4. The molecule has 2 aromatic rings. The second-order valence-electron chi connectivity index (χ2n) is 6.22. The summed E-state index contributed by atoms with van der Waals surface area (Å²) in [5, 5.41) is 10.6. The van der Waals surface area contributed by atoms with E-state index in [1.54, 1.807) is 0 Å². The third-order valence-electron chi connectivity index (χ3n) is 4.59. The summed E-state index contributed by atoms with van der Waals surface area (Å²) < 4.78 is 31.6. The third-order valence-corrected chi connectivity index (χ3v) is 4.59. The maximum absolute atomic E-state index is 11.3. The van der Waals surface area contributed by atoms with Crippen molar-refractivity contribution in [2.75, 3.05) is 13.6 Å². The van der Waals surface area contributed by atoms with E-state index < -0.39 is 22.3 Å². The Hall–Kier alpha value is -2.20. The van der Waals surface area contributed by atoms with Crippen LogP contribution in [0.1, 0.15) is 11.1 Å². The fraction of sp³-hybridized carbons (Fsp3) is 0.312. The Morgan fingerprint density at radius 1 is 1.32 bits per heavy atom. The Labute approximate surface area is 144 Å². The average Bonchev–Trinajstić information content (AvgIpc) is 2.91. The van der Waals surface area contributed by atoms with Crippen molar-refractivity contribution >= 4 is 32.8 Å². The van der Waals surface area contributed by atoms with Gasteiger partial charge >= 0.3 is 16.4 Å². The molecule has 0 amide bonds. The van der Waals surface area contributed by atoms with Crippen molar-refractivity contribution in [3.8, 4) is 0 Å². The molecule has 134 valence electrons. The van der Waals surface area contributed by atoms with Crippen LogP contribution < -0.4 is 0 Å². The molecular formula is C16H18N2O6S. The number of aromatic nitrogens is 1. The normalized spacial score (nSPS) is 22.6. The summed E-state index contributed by atoms with van der Waals surface area (Å²) in [5.74, 6) is -1.16. The number of aromatic amines is 1. The number of hydrogen-bond acceptors (Lipinski definition) is 4. The highest BCUT2D eigenvalue weighted by atomic mass is 32.3. The van der Waals surface area contributed by atoms with Gasteiger partial charge in [-0.15, -0.1) is 0 Å². The molecule has 8 nitrogen and oxygen atoms in total. The number of rotatable bonds is 1. The lowest BCUT2D eigenvalue weighted by Gasteiger charge is -2.38. The second-order valence-corrected chi connectivity index (χ2v) is 7.11. The minimum atomic E-state index is -4.67. The molecule has 0 saturated carbocycles. The zero-order valence-corrected chi connectivity index (χ0v) is 14.2. The summed E-state index contributed by atoms with van der Waals surface area (Å²) in [6.07, 6.45) is 4.99. The molecular weight excluding hydrogens is 348 g/mol. The molecule has 1 aliphatic heterocycles. The van der Waals surface area contributed by atoms with Gasteiger partial charge in [0.2, 0.25) is 0 Å². The first-order valence-corrected chi connectivity index (χ1v) is 8.99. The number of carboxylic acids is 1. The first-order chi connectivity index (χ1) is 11.6. The van der Waals surface area contributed by atoms with E-state index in [9.17, 15) is 9.90 Å². The highest BCUT2D eigenvalue weighted by Crippen LogP contribution is 2.40. The zero-order chi connectivity index (χ0) is 18.4. The molecule has 4 N–H and O–H groups in total. The van der Waals surface area contributed by atoms with E-state index in [0.29, 0.717) is 12.6 Å². The lowest BCUT2D eigenvalue weighted by atomic mass is 9.80. The number of carbonyl (C=O) groups is 1.